The molecule has 1 aliphatic rings. The molecule has 1 aliphatic heterocycles. The first-order valence-electron chi connectivity index (χ1n) is 9.03. The van der Waals surface area contributed by atoms with Gasteiger partial charge >= 0.3 is 0 Å². The number of anilines is 1. The minimum Gasteiger partial charge on any atom is -0.366 e. The van der Waals surface area contributed by atoms with Crippen molar-refractivity contribution in [3.05, 3.63) is 71.0 Å². The van der Waals surface area contributed by atoms with Crippen molar-refractivity contribution in [2.75, 3.05) is 31.1 Å². The van der Waals surface area contributed by atoms with Gasteiger partial charge < -0.3 is 9.80 Å². The van der Waals surface area contributed by atoms with Crippen LogP contribution in [0.2, 0.25) is 0 Å². The molecule has 0 spiro atoms. The average molecular weight is 366 g/mol. The van der Waals surface area contributed by atoms with Crippen molar-refractivity contribution in [3.63, 3.8) is 0 Å². The van der Waals surface area contributed by atoms with E-state index in [4.69, 9.17) is 0 Å². The van der Waals surface area contributed by atoms with Crippen LogP contribution in [0.3, 0.4) is 0 Å². The average Bonchev–Trinajstić information content (AvgIpc) is 2.67. The number of Topliss-reactive ketones (excluding diaryl/α,β-unsaturated/α-hetero) is 1. The molecule has 1 fully saturated rings. The van der Waals surface area contributed by atoms with E-state index < -0.39 is 5.82 Å². The van der Waals surface area contributed by atoms with Crippen molar-refractivity contribution in [2.45, 2.75) is 13.8 Å². The predicted octanol–water partition coefficient (Wildman–Crippen LogP) is 3.70. The van der Waals surface area contributed by atoms with Gasteiger partial charge in [-0.2, -0.15) is 0 Å². The van der Waals surface area contributed by atoms with Crippen molar-refractivity contribution in [1.82, 2.24) is 4.90 Å². The molecule has 0 N–H and O–H groups in total. The molecule has 27 heavy (non-hydrogen) atoms. The number of carbonyl (C=O) groups is 2. The van der Waals surface area contributed by atoms with Crippen LogP contribution in [0.4, 0.5) is 10.1 Å². The summed E-state index contributed by atoms with van der Waals surface area (Å²) in [4.78, 5) is 27.4. The zero-order valence-corrected chi connectivity index (χ0v) is 15.6. The van der Waals surface area contributed by atoms with Crippen molar-refractivity contribution in [2.24, 2.45) is 0 Å². The normalized spacial score (nSPS) is 14.6. The van der Waals surface area contributed by atoms with E-state index in [0.29, 0.717) is 37.4 Å². The van der Waals surface area contributed by atoms with Crippen LogP contribution < -0.4 is 4.90 Å². The first kappa shape index (κ1) is 18.8. The summed E-state index contributed by atoms with van der Waals surface area (Å²) >= 11 is 0. The molecular weight excluding hydrogens is 343 g/mol. The molecule has 0 bridgehead atoms. The number of hydrogen-bond acceptors (Lipinski definition) is 3. The number of nitrogens with zero attached hydrogens (tertiary/aromatic N) is 2. The second-order valence-corrected chi connectivity index (χ2v) is 6.78. The third-order valence-electron chi connectivity index (χ3n) is 4.78. The third kappa shape index (κ3) is 4.61. The van der Waals surface area contributed by atoms with Crippen molar-refractivity contribution in [1.29, 1.82) is 0 Å². The summed E-state index contributed by atoms with van der Waals surface area (Å²) in [7, 11) is 0. The molecule has 2 aromatic rings. The predicted molar refractivity (Wildman–Crippen MR) is 105 cm³/mol. The van der Waals surface area contributed by atoms with Crippen LogP contribution in [0.15, 0.2) is 48.5 Å². The third-order valence-corrected chi connectivity index (χ3v) is 4.78. The highest BCUT2D eigenvalue weighted by Gasteiger charge is 2.22. The highest BCUT2D eigenvalue weighted by Crippen LogP contribution is 2.22. The minimum atomic E-state index is -0.401. The summed E-state index contributed by atoms with van der Waals surface area (Å²) in [6.07, 6.45) is 3.40. The van der Waals surface area contributed by atoms with E-state index in [2.05, 4.69) is 0 Å². The second-order valence-electron chi connectivity index (χ2n) is 6.78. The maximum Gasteiger partial charge on any atom is 0.246 e. The largest absolute Gasteiger partial charge is 0.366 e. The first-order chi connectivity index (χ1) is 12.9. The van der Waals surface area contributed by atoms with E-state index in [0.717, 1.165) is 5.56 Å². The molecule has 0 atom stereocenters. The van der Waals surface area contributed by atoms with Gasteiger partial charge in [-0.1, -0.05) is 29.8 Å². The van der Waals surface area contributed by atoms with Gasteiger partial charge in [-0.3, -0.25) is 9.59 Å². The van der Waals surface area contributed by atoms with Crippen molar-refractivity contribution < 1.29 is 14.0 Å². The molecule has 0 aromatic heterocycles. The SMILES string of the molecule is CC(=O)c1ccc(N2CCN(C(=O)/C=C/c3ccc(C)cc3)CC2)c(F)c1. The Morgan fingerprint density at radius 2 is 1.67 bits per heavy atom. The number of hydrogen-bond donors (Lipinski definition) is 0. The van der Waals surface area contributed by atoms with Gasteiger partial charge in [0.25, 0.3) is 0 Å². The van der Waals surface area contributed by atoms with Crippen molar-refractivity contribution in [3.8, 4) is 0 Å². The summed E-state index contributed by atoms with van der Waals surface area (Å²) in [5.41, 5.74) is 3.01. The Morgan fingerprint density at radius 1 is 1.00 bits per heavy atom. The lowest BCUT2D eigenvalue weighted by atomic mass is 10.1. The molecule has 0 aliphatic carbocycles. The number of benzene rings is 2. The quantitative estimate of drug-likeness (QED) is 0.612. The van der Waals surface area contributed by atoms with Gasteiger partial charge in [0.05, 0.1) is 5.69 Å². The van der Waals surface area contributed by atoms with Crippen LogP contribution in [0, 0.1) is 12.7 Å². The fourth-order valence-corrected chi connectivity index (χ4v) is 3.10. The Kier molecular flexibility index (Phi) is 5.69. The van der Waals surface area contributed by atoms with Gasteiger partial charge in [0.15, 0.2) is 5.78 Å². The van der Waals surface area contributed by atoms with Crippen LogP contribution in [0.1, 0.15) is 28.4 Å². The summed E-state index contributed by atoms with van der Waals surface area (Å²) in [5, 5.41) is 0. The highest BCUT2D eigenvalue weighted by atomic mass is 19.1. The molecule has 1 saturated heterocycles. The van der Waals surface area contributed by atoms with Gasteiger partial charge in [0, 0.05) is 37.8 Å². The number of halogens is 1. The van der Waals surface area contributed by atoms with Gasteiger partial charge in [-0.25, -0.2) is 4.39 Å². The Bertz CT molecular complexity index is 866. The standard InChI is InChI=1S/C22H23FN2O2/c1-16-3-5-18(6-4-16)7-10-22(27)25-13-11-24(12-14-25)21-9-8-19(17(2)26)15-20(21)23/h3-10,15H,11-14H2,1-2H3/b10-7+. The van der Waals surface area contributed by atoms with Crippen LogP contribution in [0.25, 0.3) is 6.08 Å². The fourth-order valence-electron chi connectivity index (χ4n) is 3.10. The smallest absolute Gasteiger partial charge is 0.246 e. The van der Waals surface area contributed by atoms with Crippen LogP contribution in [-0.2, 0) is 4.79 Å². The molecule has 1 amide bonds. The lowest BCUT2D eigenvalue weighted by Crippen LogP contribution is -2.48. The zero-order chi connectivity index (χ0) is 19.4. The highest BCUT2D eigenvalue weighted by molar-refractivity contribution is 5.94. The monoisotopic (exact) mass is 366 g/mol. The lowest BCUT2D eigenvalue weighted by Gasteiger charge is -2.35. The Labute approximate surface area is 158 Å². The number of ketones is 1. The minimum absolute atomic E-state index is 0.0392. The van der Waals surface area contributed by atoms with Crippen molar-refractivity contribution >= 4 is 23.5 Å². The number of carbonyl (C=O) groups excluding carboxylic acids is 2. The van der Waals surface area contributed by atoms with E-state index in [9.17, 15) is 14.0 Å². The molecule has 4 nitrogen and oxygen atoms in total. The molecule has 0 radical (unpaired) electrons. The van der Waals surface area contributed by atoms with E-state index in [-0.39, 0.29) is 11.7 Å². The van der Waals surface area contributed by atoms with Gasteiger partial charge in [-0.15, -0.1) is 0 Å². The number of amides is 1. The summed E-state index contributed by atoms with van der Waals surface area (Å²) < 4.78 is 14.3. The zero-order valence-electron chi connectivity index (χ0n) is 15.6. The first-order valence-corrected chi connectivity index (χ1v) is 9.03. The molecule has 3 rings (SSSR count). The van der Waals surface area contributed by atoms with E-state index >= 15 is 0 Å². The summed E-state index contributed by atoms with van der Waals surface area (Å²) in [5.74, 6) is -0.597. The maximum absolute atomic E-state index is 14.3. The van der Waals surface area contributed by atoms with Gasteiger partial charge in [0.1, 0.15) is 5.82 Å². The fraction of sp³-hybridized carbons (Fsp3) is 0.273. The molecule has 0 saturated carbocycles. The van der Waals surface area contributed by atoms with E-state index in [1.807, 2.05) is 42.2 Å². The lowest BCUT2D eigenvalue weighted by molar-refractivity contribution is -0.126. The molecular formula is C22H23FN2O2. The number of piperazine rings is 1. The van der Waals surface area contributed by atoms with Crippen LogP contribution in [0.5, 0.6) is 0 Å². The summed E-state index contributed by atoms with van der Waals surface area (Å²) in [6, 6.07) is 12.5. The van der Waals surface area contributed by atoms with Gasteiger partial charge in [-0.05, 0) is 43.7 Å². The Morgan fingerprint density at radius 3 is 2.26 bits per heavy atom. The Hall–Kier alpha value is -2.95. The van der Waals surface area contributed by atoms with E-state index in [1.165, 1.54) is 18.6 Å². The molecule has 140 valence electrons. The number of rotatable bonds is 4. The molecule has 2 aromatic carbocycles. The summed E-state index contributed by atoms with van der Waals surface area (Å²) in [6.45, 7) is 5.62. The van der Waals surface area contributed by atoms with Gasteiger partial charge in [0.2, 0.25) is 5.91 Å². The molecule has 1 heterocycles. The van der Waals surface area contributed by atoms with E-state index in [1.54, 1.807) is 23.1 Å². The van der Waals surface area contributed by atoms with Crippen LogP contribution in [-0.4, -0.2) is 42.8 Å². The topological polar surface area (TPSA) is 40.6 Å². The second kappa shape index (κ2) is 8.16. The van der Waals surface area contributed by atoms with Crippen LogP contribution >= 0.6 is 0 Å². The molecule has 0 unspecified atom stereocenters. The maximum atomic E-state index is 14.3. The Balaban J connectivity index is 1.59. The molecule has 5 heteroatoms. The number of aryl methyl sites for hydroxylation is 1.